The van der Waals surface area contributed by atoms with E-state index in [9.17, 15) is 17.6 Å². The summed E-state index contributed by atoms with van der Waals surface area (Å²) in [5.74, 6) is 1.73. The average molecular weight is 434 g/mol. The maximum Gasteiger partial charge on any atom is 0.296 e. The maximum absolute atomic E-state index is 12.4. The Hall–Kier alpha value is -1.88. The van der Waals surface area contributed by atoms with E-state index < -0.39 is 21.8 Å². The van der Waals surface area contributed by atoms with E-state index in [1.807, 2.05) is 11.8 Å². The van der Waals surface area contributed by atoms with Gasteiger partial charge in [0.25, 0.3) is 10.1 Å². The van der Waals surface area contributed by atoms with Crippen LogP contribution in [0.1, 0.15) is 10.4 Å². The van der Waals surface area contributed by atoms with Gasteiger partial charge < -0.3 is 10.6 Å². The quantitative estimate of drug-likeness (QED) is 0.714. The molecule has 1 fully saturated rings. The molecule has 0 atom stereocenters. The number of benzene rings is 1. The highest BCUT2D eigenvalue weighted by Gasteiger charge is 2.14. The minimum Gasteiger partial charge on any atom is -0.366 e. The van der Waals surface area contributed by atoms with E-state index in [0.717, 1.165) is 42.5 Å². The number of carbonyl (C=O) groups is 1. The van der Waals surface area contributed by atoms with Crippen molar-refractivity contribution >= 4 is 45.2 Å². The molecular weight excluding hydrogens is 417 g/mol. The van der Waals surface area contributed by atoms with E-state index in [2.05, 4.69) is 9.88 Å². The summed E-state index contributed by atoms with van der Waals surface area (Å²) in [6.07, 6.45) is 1.19. The number of rotatable bonds is 3. The van der Waals surface area contributed by atoms with Crippen LogP contribution in [0.15, 0.2) is 41.4 Å². The fraction of sp³-hybridized carbons (Fsp3) is 0.250. The molecule has 1 amide bonds. The van der Waals surface area contributed by atoms with Crippen LogP contribution in [0.25, 0.3) is 0 Å². The van der Waals surface area contributed by atoms with Crippen molar-refractivity contribution < 1.29 is 22.2 Å². The van der Waals surface area contributed by atoms with E-state index >= 15 is 0 Å². The first-order chi connectivity index (χ1) is 12.7. The Kier molecular flexibility index (Phi) is 7.42. The monoisotopic (exact) mass is 433 g/mol. The number of nitrogens with zero attached hydrogens (tertiary/aromatic N) is 2. The maximum atomic E-state index is 12.4. The Labute approximate surface area is 165 Å². The van der Waals surface area contributed by atoms with Gasteiger partial charge in [-0.15, -0.1) is 0 Å². The molecule has 3 rings (SSSR count). The first-order valence-electron chi connectivity index (χ1n) is 7.69. The minimum atomic E-state index is -4.14. The Bertz CT molecular complexity index is 904. The van der Waals surface area contributed by atoms with Gasteiger partial charge >= 0.3 is 0 Å². The summed E-state index contributed by atoms with van der Waals surface area (Å²) in [5.41, 5.74) is 5.05. The third kappa shape index (κ3) is 6.35. The predicted molar refractivity (Wildman–Crippen MR) is 104 cm³/mol. The van der Waals surface area contributed by atoms with Crippen LogP contribution in [0.4, 0.5) is 10.2 Å². The molecule has 146 valence electrons. The molecule has 1 aromatic carbocycles. The standard InChI is InChI=1S/C9H12N2O3S2.C7H5ClFNO/c12-16(13,14)8-1-2-9(10-7-8)11-3-5-15-6-4-11;8-6-3-4(9)1-2-5(6)7(10)11/h1-2,7H,3-6H2,(H,12,13,14);1-3H,(H2,10,11). The van der Waals surface area contributed by atoms with Crippen LogP contribution in [0.2, 0.25) is 5.02 Å². The summed E-state index contributed by atoms with van der Waals surface area (Å²) in [6, 6.07) is 6.42. The number of hydrogen-bond acceptors (Lipinski definition) is 6. The molecule has 1 aliphatic rings. The third-order valence-corrected chi connectivity index (χ3v) is 5.64. The van der Waals surface area contributed by atoms with Crippen molar-refractivity contribution in [1.29, 1.82) is 0 Å². The minimum absolute atomic E-state index is 0.0394. The zero-order chi connectivity index (χ0) is 20.0. The smallest absolute Gasteiger partial charge is 0.296 e. The van der Waals surface area contributed by atoms with Crippen LogP contribution in [0, 0.1) is 5.82 Å². The van der Waals surface area contributed by atoms with Crippen LogP contribution >= 0.6 is 23.4 Å². The fourth-order valence-corrected chi connectivity index (χ4v) is 3.78. The largest absolute Gasteiger partial charge is 0.366 e. The van der Waals surface area contributed by atoms with Gasteiger partial charge in [-0.25, -0.2) is 9.37 Å². The molecule has 27 heavy (non-hydrogen) atoms. The number of primary amides is 1. The molecule has 3 N–H and O–H groups in total. The number of pyridine rings is 1. The molecule has 7 nitrogen and oxygen atoms in total. The van der Waals surface area contributed by atoms with Gasteiger partial charge in [0.1, 0.15) is 16.5 Å². The summed E-state index contributed by atoms with van der Waals surface area (Å²) < 4.78 is 42.8. The molecule has 2 aromatic rings. The van der Waals surface area contributed by atoms with Crippen molar-refractivity contribution in [3.63, 3.8) is 0 Å². The van der Waals surface area contributed by atoms with Gasteiger partial charge in [-0.05, 0) is 30.3 Å². The molecule has 0 saturated carbocycles. The number of thioether (sulfide) groups is 1. The SMILES string of the molecule is NC(=O)c1ccc(F)cc1Cl.O=S(=O)(O)c1ccc(N2CCSCC2)nc1. The topological polar surface area (TPSA) is 114 Å². The van der Waals surface area contributed by atoms with Crippen molar-refractivity contribution in [2.75, 3.05) is 29.5 Å². The summed E-state index contributed by atoms with van der Waals surface area (Å²) in [5, 5.41) is 0.0394. The fourth-order valence-electron chi connectivity index (χ4n) is 2.19. The molecule has 0 radical (unpaired) electrons. The Morgan fingerprint density at radius 2 is 1.93 bits per heavy atom. The lowest BCUT2D eigenvalue weighted by Crippen LogP contribution is -2.33. The van der Waals surface area contributed by atoms with E-state index in [0.29, 0.717) is 0 Å². The molecule has 0 unspecified atom stereocenters. The van der Waals surface area contributed by atoms with Crippen molar-refractivity contribution in [3.05, 3.63) is 52.9 Å². The van der Waals surface area contributed by atoms with Crippen LogP contribution in [0.5, 0.6) is 0 Å². The first-order valence-corrected chi connectivity index (χ1v) is 10.7. The molecule has 1 saturated heterocycles. The Morgan fingerprint density at radius 1 is 1.26 bits per heavy atom. The van der Waals surface area contributed by atoms with E-state index in [-0.39, 0.29) is 15.5 Å². The Morgan fingerprint density at radius 3 is 2.41 bits per heavy atom. The highest BCUT2D eigenvalue weighted by atomic mass is 35.5. The van der Waals surface area contributed by atoms with Gasteiger partial charge in [-0.2, -0.15) is 20.2 Å². The second-order valence-electron chi connectivity index (χ2n) is 5.42. The molecule has 1 aromatic heterocycles. The highest BCUT2D eigenvalue weighted by molar-refractivity contribution is 7.99. The summed E-state index contributed by atoms with van der Waals surface area (Å²) in [4.78, 5) is 16.5. The lowest BCUT2D eigenvalue weighted by Gasteiger charge is -2.27. The summed E-state index contributed by atoms with van der Waals surface area (Å²) in [6.45, 7) is 1.84. The zero-order valence-corrected chi connectivity index (χ0v) is 16.4. The number of anilines is 1. The van der Waals surface area contributed by atoms with Gasteiger partial charge in [0, 0.05) is 24.6 Å². The summed E-state index contributed by atoms with van der Waals surface area (Å²) in [7, 11) is -4.14. The molecule has 0 aliphatic carbocycles. The summed E-state index contributed by atoms with van der Waals surface area (Å²) >= 11 is 7.38. The molecule has 2 heterocycles. The van der Waals surface area contributed by atoms with Crippen molar-refractivity contribution in [2.24, 2.45) is 5.73 Å². The number of amides is 1. The number of hydrogen-bond donors (Lipinski definition) is 2. The number of carbonyl (C=O) groups excluding carboxylic acids is 1. The molecule has 0 spiro atoms. The number of nitrogens with two attached hydrogens (primary N) is 1. The average Bonchev–Trinajstić information content (AvgIpc) is 2.62. The predicted octanol–water partition coefficient (Wildman–Crippen LogP) is 2.46. The van der Waals surface area contributed by atoms with Gasteiger partial charge in [0.05, 0.1) is 16.8 Å². The van der Waals surface area contributed by atoms with E-state index in [4.69, 9.17) is 21.9 Å². The van der Waals surface area contributed by atoms with Gasteiger partial charge in [-0.3, -0.25) is 9.35 Å². The van der Waals surface area contributed by atoms with Crippen LogP contribution in [0.3, 0.4) is 0 Å². The highest BCUT2D eigenvalue weighted by Crippen LogP contribution is 2.18. The van der Waals surface area contributed by atoms with Crippen molar-refractivity contribution in [2.45, 2.75) is 4.90 Å². The second-order valence-corrected chi connectivity index (χ2v) is 8.47. The van der Waals surface area contributed by atoms with Gasteiger partial charge in [0.2, 0.25) is 5.91 Å². The molecule has 1 aliphatic heterocycles. The van der Waals surface area contributed by atoms with Gasteiger partial charge in [0.15, 0.2) is 0 Å². The normalized spacial score (nSPS) is 14.3. The zero-order valence-electron chi connectivity index (χ0n) is 14.0. The lowest BCUT2D eigenvalue weighted by molar-refractivity contribution is 0.100. The lowest BCUT2D eigenvalue weighted by atomic mass is 10.2. The molecular formula is C16H17ClFN3O4S2. The molecule has 11 heteroatoms. The number of halogens is 2. The van der Waals surface area contributed by atoms with E-state index in [1.165, 1.54) is 18.3 Å². The Balaban J connectivity index is 0.000000208. The number of aromatic nitrogens is 1. The molecule has 0 bridgehead atoms. The van der Waals surface area contributed by atoms with Crippen LogP contribution in [-0.4, -0.2) is 48.5 Å². The second kappa shape index (κ2) is 9.36. The first kappa shape index (κ1) is 21.4. The van der Waals surface area contributed by atoms with Crippen molar-refractivity contribution in [1.82, 2.24) is 4.98 Å². The third-order valence-electron chi connectivity index (χ3n) is 3.55. The van der Waals surface area contributed by atoms with Gasteiger partial charge in [-0.1, -0.05) is 11.6 Å². The van der Waals surface area contributed by atoms with Crippen molar-refractivity contribution in [3.8, 4) is 0 Å². The van der Waals surface area contributed by atoms with Crippen LogP contribution in [-0.2, 0) is 10.1 Å². The van der Waals surface area contributed by atoms with Crippen LogP contribution < -0.4 is 10.6 Å². The van der Waals surface area contributed by atoms with E-state index in [1.54, 1.807) is 6.07 Å².